The van der Waals surface area contributed by atoms with Crippen molar-refractivity contribution in [2.24, 2.45) is 0 Å². The summed E-state index contributed by atoms with van der Waals surface area (Å²) in [6, 6.07) is 17.7. The fourth-order valence-electron chi connectivity index (χ4n) is 7.58. The number of rotatable bonds is 12. The molecule has 0 spiro atoms. The molecule has 3 amide bonds. The van der Waals surface area contributed by atoms with E-state index >= 15 is 0 Å². The highest BCUT2D eigenvalue weighted by atomic mass is 16.2. The summed E-state index contributed by atoms with van der Waals surface area (Å²) in [5.41, 5.74) is 7.27. The van der Waals surface area contributed by atoms with Crippen LogP contribution in [0.25, 0.3) is 22.0 Å². The van der Waals surface area contributed by atoms with Gasteiger partial charge in [-0.3, -0.25) is 34.1 Å². The maximum Gasteiger partial charge on any atom is 0.253 e. The van der Waals surface area contributed by atoms with Gasteiger partial charge in [-0.2, -0.15) is 5.10 Å². The molecule has 0 saturated carbocycles. The van der Waals surface area contributed by atoms with Gasteiger partial charge < -0.3 is 20.5 Å². The first-order chi connectivity index (χ1) is 26.6. The topological polar surface area (TPSA) is 157 Å². The lowest BCUT2D eigenvalue weighted by Gasteiger charge is -2.36. The van der Waals surface area contributed by atoms with Crippen molar-refractivity contribution in [3.05, 3.63) is 105 Å². The average molecular weight is 744 g/mol. The van der Waals surface area contributed by atoms with Crippen LogP contribution in [0.1, 0.15) is 78.8 Å². The quantitative estimate of drug-likeness (QED) is 0.128. The zero-order chi connectivity index (χ0) is 38.6. The highest BCUT2D eigenvalue weighted by Crippen LogP contribution is 2.30. The number of hydrogen-bond acceptors (Lipinski definition) is 9. The Labute approximate surface area is 320 Å². The number of imide groups is 1. The van der Waals surface area contributed by atoms with Gasteiger partial charge in [-0.05, 0) is 86.7 Å². The molecule has 2 fully saturated rings. The first-order valence-electron chi connectivity index (χ1n) is 19.2. The number of aryl methyl sites for hydroxylation is 2. The SMILES string of the molecule is CCCc1cc(C)[nH]c(=O)c1CNC(=O)c1cc(-c2ccc(N3CCN(Cc4ccccc4NC4CCC(=O)NC4=O)CC3)nc2)cc2c1cnn2C(C)C. The summed E-state index contributed by atoms with van der Waals surface area (Å²) in [6.45, 7) is 12.2. The highest BCUT2D eigenvalue weighted by molar-refractivity contribution is 6.08. The molecule has 3 aromatic heterocycles. The molecule has 0 radical (unpaired) electrons. The van der Waals surface area contributed by atoms with Crippen molar-refractivity contribution in [1.29, 1.82) is 0 Å². The monoisotopic (exact) mass is 743 g/mol. The molecule has 55 heavy (non-hydrogen) atoms. The Morgan fingerprint density at radius 1 is 0.964 bits per heavy atom. The summed E-state index contributed by atoms with van der Waals surface area (Å²) in [5.74, 6) is 0.120. The number of piperazine rings is 1. The summed E-state index contributed by atoms with van der Waals surface area (Å²) in [7, 11) is 0. The van der Waals surface area contributed by atoms with Gasteiger partial charge in [0.15, 0.2) is 0 Å². The lowest BCUT2D eigenvalue weighted by Crippen LogP contribution is -2.48. The van der Waals surface area contributed by atoms with Crippen molar-refractivity contribution in [3.8, 4) is 11.1 Å². The van der Waals surface area contributed by atoms with Gasteiger partial charge in [-0.15, -0.1) is 0 Å². The first-order valence-corrected chi connectivity index (χ1v) is 19.2. The van der Waals surface area contributed by atoms with E-state index in [-0.39, 0.29) is 35.9 Å². The van der Waals surface area contributed by atoms with E-state index in [1.165, 1.54) is 0 Å². The van der Waals surface area contributed by atoms with Crippen LogP contribution >= 0.6 is 0 Å². The normalized spacial score (nSPS) is 16.5. The molecule has 7 rings (SSSR count). The number of amides is 3. The van der Waals surface area contributed by atoms with Gasteiger partial charge in [0.25, 0.3) is 11.5 Å². The largest absolute Gasteiger partial charge is 0.373 e. The minimum Gasteiger partial charge on any atom is -0.373 e. The standard InChI is InChI=1S/C42H49N9O4/c1-5-8-28-19-27(4)46-41(54)33(28)23-44-40(53)32-20-31(21-37-34(32)24-45-51(37)26(2)3)29-11-13-38(43-22-29)50-17-15-49(16-18-50)25-30-9-6-7-10-35(30)47-36-12-14-39(52)48-42(36)55/h6-7,9-11,13,19-22,24,26,36,47H,5,8,12,14-18,23,25H2,1-4H3,(H,44,53)(H,46,54)(H,48,52,55). The third-order valence-electron chi connectivity index (χ3n) is 10.5. The van der Waals surface area contributed by atoms with E-state index in [0.29, 0.717) is 24.0 Å². The Morgan fingerprint density at radius 3 is 2.49 bits per heavy atom. The Morgan fingerprint density at radius 2 is 1.76 bits per heavy atom. The summed E-state index contributed by atoms with van der Waals surface area (Å²) >= 11 is 0. The number of anilines is 2. The molecule has 13 heteroatoms. The molecule has 1 unspecified atom stereocenters. The van der Waals surface area contributed by atoms with Crippen LogP contribution in [0.5, 0.6) is 0 Å². The molecule has 2 aliphatic heterocycles. The summed E-state index contributed by atoms with van der Waals surface area (Å²) in [6.07, 6.45) is 6.07. The number of fused-ring (bicyclic) bond motifs is 1. The maximum absolute atomic E-state index is 13.9. The van der Waals surface area contributed by atoms with Crippen molar-refractivity contribution < 1.29 is 14.4 Å². The number of nitrogens with zero attached hydrogens (tertiary/aromatic N) is 5. The van der Waals surface area contributed by atoms with E-state index in [0.717, 1.165) is 95.9 Å². The van der Waals surface area contributed by atoms with Gasteiger partial charge in [0, 0.05) is 85.8 Å². The van der Waals surface area contributed by atoms with Crippen molar-refractivity contribution in [2.75, 3.05) is 36.4 Å². The van der Waals surface area contributed by atoms with Gasteiger partial charge in [0.05, 0.1) is 17.3 Å². The van der Waals surface area contributed by atoms with Crippen LogP contribution in [-0.4, -0.2) is 74.6 Å². The predicted molar refractivity (Wildman–Crippen MR) is 214 cm³/mol. The summed E-state index contributed by atoms with van der Waals surface area (Å²) < 4.78 is 1.92. The zero-order valence-electron chi connectivity index (χ0n) is 31.9. The molecule has 13 nitrogen and oxygen atoms in total. The molecule has 2 aliphatic rings. The fourth-order valence-corrected chi connectivity index (χ4v) is 7.58. The average Bonchev–Trinajstić information content (AvgIpc) is 3.61. The van der Waals surface area contributed by atoms with Gasteiger partial charge in [0.2, 0.25) is 11.8 Å². The predicted octanol–water partition coefficient (Wildman–Crippen LogP) is 5.10. The van der Waals surface area contributed by atoms with Crippen molar-refractivity contribution in [1.82, 2.24) is 35.3 Å². The Balaban J connectivity index is 1.04. The fraction of sp³-hybridized carbons (Fsp3) is 0.381. The van der Waals surface area contributed by atoms with Crippen molar-refractivity contribution >= 4 is 40.1 Å². The van der Waals surface area contributed by atoms with Crippen molar-refractivity contribution in [3.63, 3.8) is 0 Å². The van der Waals surface area contributed by atoms with E-state index in [9.17, 15) is 19.2 Å². The second-order valence-corrected chi connectivity index (χ2v) is 14.8. The minimum atomic E-state index is -0.428. The van der Waals surface area contributed by atoms with Gasteiger partial charge in [-0.1, -0.05) is 31.5 Å². The molecule has 0 bridgehead atoms. The summed E-state index contributed by atoms with van der Waals surface area (Å²) in [4.78, 5) is 63.2. The van der Waals surface area contributed by atoms with E-state index in [2.05, 4.69) is 68.7 Å². The number of aromatic nitrogens is 4. The van der Waals surface area contributed by atoms with Gasteiger partial charge in [-0.25, -0.2) is 4.98 Å². The van der Waals surface area contributed by atoms with Crippen LogP contribution in [0.3, 0.4) is 0 Å². The maximum atomic E-state index is 13.9. The summed E-state index contributed by atoms with van der Waals surface area (Å²) in [5, 5.41) is 14.2. The third-order valence-corrected chi connectivity index (χ3v) is 10.5. The van der Waals surface area contributed by atoms with E-state index in [4.69, 9.17) is 4.98 Å². The number of hydrogen-bond donors (Lipinski definition) is 4. The van der Waals surface area contributed by atoms with Crippen molar-refractivity contribution in [2.45, 2.75) is 78.6 Å². The number of H-pyrrole nitrogens is 1. The molecule has 5 heterocycles. The Kier molecular flexibility index (Phi) is 11.1. The van der Waals surface area contributed by atoms with Crippen LogP contribution in [0.15, 0.2) is 71.8 Å². The minimum absolute atomic E-state index is 0.0839. The second kappa shape index (κ2) is 16.3. The zero-order valence-corrected chi connectivity index (χ0v) is 31.9. The molecular formula is C42H49N9O4. The van der Waals surface area contributed by atoms with E-state index in [1.54, 1.807) is 6.20 Å². The smallest absolute Gasteiger partial charge is 0.253 e. The number of carbonyl (C=O) groups is 3. The molecule has 2 saturated heterocycles. The number of piperidine rings is 1. The molecule has 2 aromatic carbocycles. The molecule has 5 aromatic rings. The van der Waals surface area contributed by atoms with Gasteiger partial charge in [0.1, 0.15) is 11.9 Å². The van der Waals surface area contributed by atoms with Crippen LogP contribution in [0, 0.1) is 6.92 Å². The van der Waals surface area contributed by atoms with E-state index in [1.807, 2.05) is 60.3 Å². The third kappa shape index (κ3) is 8.31. The number of carbonyl (C=O) groups excluding carboxylic acids is 3. The lowest BCUT2D eigenvalue weighted by molar-refractivity contribution is -0.133. The molecule has 1 atom stereocenters. The number of benzene rings is 2. The number of aromatic amines is 1. The van der Waals surface area contributed by atoms with Crippen LogP contribution in [-0.2, 0) is 29.1 Å². The lowest BCUT2D eigenvalue weighted by atomic mass is 10.00. The number of nitrogens with one attached hydrogen (secondary N) is 4. The van der Waals surface area contributed by atoms with E-state index < -0.39 is 6.04 Å². The highest BCUT2D eigenvalue weighted by Gasteiger charge is 2.27. The van der Waals surface area contributed by atoms with Crippen LogP contribution < -0.4 is 26.4 Å². The number of pyridine rings is 2. The molecule has 0 aliphatic carbocycles. The molecule has 4 N–H and O–H groups in total. The van der Waals surface area contributed by atoms with Crippen LogP contribution in [0.4, 0.5) is 11.5 Å². The van der Waals surface area contributed by atoms with Gasteiger partial charge >= 0.3 is 0 Å². The molecular weight excluding hydrogens is 695 g/mol. The second-order valence-electron chi connectivity index (χ2n) is 14.8. The number of para-hydroxylation sites is 1. The first kappa shape index (κ1) is 37.5. The molecule has 286 valence electrons. The Bertz CT molecular complexity index is 2270. The van der Waals surface area contributed by atoms with Crippen LogP contribution in [0.2, 0.25) is 0 Å². The Hall–Kier alpha value is -5.82.